The second-order valence-corrected chi connectivity index (χ2v) is 4.33. The van der Waals surface area contributed by atoms with Gasteiger partial charge in [0.25, 0.3) is 5.56 Å². The predicted molar refractivity (Wildman–Crippen MR) is 57.9 cm³/mol. The molecule has 19 heavy (non-hydrogen) atoms. The molecular weight excluding hydrogens is 266 g/mol. The van der Waals surface area contributed by atoms with E-state index in [9.17, 15) is 28.6 Å². The lowest BCUT2D eigenvalue weighted by atomic mass is 10.1. The monoisotopic (exact) mass is 278 g/mol. The van der Waals surface area contributed by atoms with Crippen molar-refractivity contribution in [3.63, 3.8) is 0 Å². The number of halogens is 2. The number of rotatable bonds is 2. The Morgan fingerprint density at radius 1 is 1.53 bits per heavy atom. The zero-order valence-corrected chi connectivity index (χ0v) is 9.79. The number of hydrogen-bond acceptors (Lipinski definition) is 5. The second-order valence-electron chi connectivity index (χ2n) is 4.33. The van der Waals surface area contributed by atoms with Crippen molar-refractivity contribution in [2.45, 2.75) is 37.4 Å². The summed E-state index contributed by atoms with van der Waals surface area (Å²) < 4.78 is 33.0. The third-order valence-corrected chi connectivity index (χ3v) is 2.90. The van der Waals surface area contributed by atoms with Crippen molar-refractivity contribution in [3.05, 3.63) is 33.1 Å². The highest BCUT2D eigenvalue weighted by Crippen LogP contribution is 2.42. The molecule has 2 heterocycles. The normalized spacial score (nSPS) is 31.3. The molecule has 9 heteroatoms. The molecule has 0 saturated carbocycles. The van der Waals surface area contributed by atoms with Gasteiger partial charge in [-0.1, -0.05) is 0 Å². The van der Waals surface area contributed by atoms with E-state index in [0.717, 1.165) is 12.3 Å². The smallest absolute Gasteiger partial charge is 0.330 e. The van der Waals surface area contributed by atoms with Crippen LogP contribution < -0.4 is 11.2 Å². The van der Waals surface area contributed by atoms with Crippen LogP contribution >= 0.6 is 0 Å². The number of aromatic amines is 1. The number of hydrogen-bond donors (Lipinski definition) is 3. The maximum atomic E-state index is 13.8. The van der Waals surface area contributed by atoms with Crippen LogP contribution in [-0.4, -0.2) is 44.0 Å². The topological polar surface area (TPSA) is 105 Å². The van der Waals surface area contributed by atoms with E-state index >= 15 is 0 Å². The van der Waals surface area contributed by atoms with Gasteiger partial charge in [-0.05, 0) is 6.92 Å². The average molecular weight is 278 g/mol. The molecule has 1 saturated heterocycles. The maximum absolute atomic E-state index is 13.8. The summed E-state index contributed by atoms with van der Waals surface area (Å²) in [4.78, 5) is 24.1. The lowest BCUT2D eigenvalue weighted by molar-refractivity contribution is -0.141. The van der Waals surface area contributed by atoms with E-state index in [-0.39, 0.29) is 0 Å². The van der Waals surface area contributed by atoms with Crippen LogP contribution in [0.3, 0.4) is 0 Å². The summed E-state index contributed by atoms with van der Waals surface area (Å²) in [6.07, 6.45) is -6.37. The van der Waals surface area contributed by atoms with E-state index < -0.39 is 41.7 Å². The number of H-pyrrole nitrogens is 1. The zero-order chi connectivity index (χ0) is 14.4. The number of ether oxygens (including phenoxy) is 1. The maximum Gasteiger partial charge on any atom is 0.330 e. The Balaban J connectivity index is 2.45. The minimum absolute atomic E-state index is 0.465. The van der Waals surface area contributed by atoms with Gasteiger partial charge in [0, 0.05) is 12.3 Å². The summed E-state index contributed by atoms with van der Waals surface area (Å²) in [5.74, 6) is -3.77. The van der Waals surface area contributed by atoms with Crippen LogP contribution in [0.25, 0.3) is 0 Å². The van der Waals surface area contributed by atoms with Crippen molar-refractivity contribution in [1.29, 1.82) is 0 Å². The van der Waals surface area contributed by atoms with Gasteiger partial charge in [0.2, 0.25) is 6.23 Å². The Morgan fingerprint density at radius 2 is 2.16 bits per heavy atom. The molecular formula is C10H12F2N2O5. The van der Waals surface area contributed by atoms with Gasteiger partial charge in [-0.15, -0.1) is 0 Å². The number of nitrogens with one attached hydrogen (secondary N) is 1. The minimum atomic E-state index is -3.77. The van der Waals surface area contributed by atoms with E-state index in [1.165, 1.54) is 6.92 Å². The van der Waals surface area contributed by atoms with Crippen LogP contribution in [-0.2, 0) is 4.74 Å². The Morgan fingerprint density at radius 3 is 2.63 bits per heavy atom. The fraction of sp³-hybridized carbons (Fsp3) is 0.600. The summed E-state index contributed by atoms with van der Waals surface area (Å²) in [5.41, 5.74) is -1.83. The first-order chi connectivity index (χ1) is 8.75. The van der Waals surface area contributed by atoms with Crippen molar-refractivity contribution < 1.29 is 23.7 Å². The Labute approximate surface area is 105 Å². The Hall–Kier alpha value is -1.58. The lowest BCUT2D eigenvalue weighted by Gasteiger charge is -2.20. The summed E-state index contributed by atoms with van der Waals surface area (Å²) in [7, 11) is 0. The Kier molecular flexibility index (Phi) is 3.29. The van der Waals surface area contributed by atoms with Gasteiger partial charge in [-0.25, -0.2) is 4.79 Å². The molecule has 1 fully saturated rings. The van der Waals surface area contributed by atoms with Crippen LogP contribution in [0.15, 0.2) is 21.9 Å². The van der Waals surface area contributed by atoms with Gasteiger partial charge < -0.3 is 14.9 Å². The molecule has 1 aromatic heterocycles. The number of aliphatic hydroxyl groups excluding tert-OH is 2. The first-order valence-corrected chi connectivity index (χ1v) is 5.46. The SMILES string of the molecule is C[C@H](O)[C@H]1O[C@@H](n2ccc(=O)[nH]c2=O)C(F)(F)[C@@H]1O. The average Bonchev–Trinajstić information content (AvgIpc) is 2.52. The molecule has 0 radical (unpaired) electrons. The van der Waals surface area contributed by atoms with Gasteiger partial charge in [0.15, 0.2) is 6.10 Å². The summed E-state index contributed by atoms with van der Waals surface area (Å²) in [6.45, 7) is 1.18. The van der Waals surface area contributed by atoms with E-state index in [4.69, 9.17) is 4.74 Å². The fourth-order valence-electron chi connectivity index (χ4n) is 1.92. The van der Waals surface area contributed by atoms with Crippen LogP contribution in [0.2, 0.25) is 0 Å². The van der Waals surface area contributed by atoms with Crippen LogP contribution in [0.1, 0.15) is 13.2 Å². The van der Waals surface area contributed by atoms with Crippen molar-refractivity contribution in [1.82, 2.24) is 9.55 Å². The first kappa shape index (κ1) is 13.8. The highest BCUT2D eigenvalue weighted by Gasteiger charge is 2.60. The molecule has 4 atom stereocenters. The highest BCUT2D eigenvalue weighted by atomic mass is 19.3. The summed E-state index contributed by atoms with van der Waals surface area (Å²) in [6, 6.07) is 0.878. The molecule has 2 rings (SSSR count). The molecule has 0 aromatic carbocycles. The standard InChI is InChI=1S/C10H12F2N2O5/c1-4(15)6-7(17)10(11,12)8(19-6)14-3-2-5(16)13-9(14)18/h2-4,6-8,15,17H,1H3,(H,13,16,18)/t4-,6+,7+,8+/m0/s1. The number of aromatic nitrogens is 2. The number of aliphatic hydroxyl groups is 2. The third kappa shape index (κ3) is 2.20. The lowest BCUT2D eigenvalue weighted by Crippen LogP contribution is -2.43. The van der Waals surface area contributed by atoms with Crippen LogP contribution in [0, 0.1) is 0 Å². The van der Waals surface area contributed by atoms with Gasteiger partial charge in [-0.2, -0.15) is 8.78 Å². The zero-order valence-electron chi connectivity index (χ0n) is 9.79. The van der Waals surface area contributed by atoms with E-state index in [2.05, 4.69) is 0 Å². The molecule has 0 unspecified atom stereocenters. The van der Waals surface area contributed by atoms with E-state index in [0.29, 0.717) is 4.57 Å². The van der Waals surface area contributed by atoms with Crippen molar-refractivity contribution in [2.24, 2.45) is 0 Å². The molecule has 0 spiro atoms. The quantitative estimate of drug-likeness (QED) is 0.631. The molecule has 1 aliphatic rings. The van der Waals surface area contributed by atoms with E-state index in [1.54, 1.807) is 4.98 Å². The fourth-order valence-corrected chi connectivity index (χ4v) is 1.92. The molecule has 1 aliphatic heterocycles. The molecule has 106 valence electrons. The molecule has 0 amide bonds. The summed E-state index contributed by atoms with van der Waals surface area (Å²) >= 11 is 0. The van der Waals surface area contributed by atoms with Crippen LogP contribution in [0.5, 0.6) is 0 Å². The Bertz CT molecular complexity index is 582. The molecule has 3 N–H and O–H groups in total. The molecule has 7 nitrogen and oxygen atoms in total. The largest absolute Gasteiger partial charge is 0.391 e. The third-order valence-electron chi connectivity index (χ3n) is 2.90. The van der Waals surface area contributed by atoms with Crippen LogP contribution in [0.4, 0.5) is 8.78 Å². The predicted octanol–water partition coefficient (Wildman–Crippen LogP) is -1.19. The van der Waals surface area contributed by atoms with Gasteiger partial charge in [0.1, 0.15) is 6.10 Å². The molecule has 1 aromatic rings. The number of nitrogens with zero attached hydrogens (tertiary/aromatic N) is 1. The van der Waals surface area contributed by atoms with Gasteiger partial charge in [0.05, 0.1) is 6.10 Å². The molecule has 0 aliphatic carbocycles. The van der Waals surface area contributed by atoms with E-state index in [1.807, 2.05) is 0 Å². The first-order valence-electron chi connectivity index (χ1n) is 5.46. The summed E-state index contributed by atoms with van der Waals surface area (Å²) in [5, 5.41) is 18.7. The van der Waals surface area contributed by atoms with Crippen molar-refractivity contribution in [2.75, 3.05) is 0 Å². The highest BCUT2D eigenvalue weighted by molar-refractivity contribution is 4.99. The van der Waals surface area contributed by atoms with Crippen molar-refractivity contribution in [3.8, 4) is 0 Å². The number of alkyl halides is 2. The van der Waals surface area contributed by atoms with Gasteiger partial charge >= 0.3 is 11.6 Å². The second kappa shape index (κ2) is 4.51. The van der Waals surface area contributed by atoms with Crippen molar-refractivity contribution >= 4 is 0 Å². The minimum Gasteiger partial charge on any atom is -0.391 e. The molecule has 0 bridgehead atoms. The van der Waals surface area contributed by atoms with Gasteiger partial charge in [-0.3, -0.25) is 14.3 Å².